The number of amides is 2. The third-order valence-corrected chi connectivity index (χ3v) is 3.15. The van der Waals surface area contributed by atoms with Crippen molar-refractivity contribution in [2.45, 2.75) is 19.0 Å². The Morgan fingerprint density at radius 3 is 2.62 bits per heavy atom. The molecule has 0 heterocycles. The maximum atomic E-state index is 13.0. The molecule has 1 aliphatic carbocycles. The highest BCUT2D eigenvalue weighted by Crippen LogP contribution is 2.17. The van der Waals surface area contributed by atoms with Gasteiger partial charge in [-0.15, -0.1) is 0 Å². The zero-order valence-electron chi connectivity index (χ0n) is 11.0. The van der Waals surface area contributed by atoms with Crippen LogP contribution in [0.3, 0.4) is 0 Å². The fourth-order valence-corrected chi connectivity index (χ4v) is 2.04. The van der Waals surface area contributed by atoms with Gasteiger partial charge in [0.05, 0.1) is 12.0 Å². The van der Waals surface area contributed by atoms with Crippen LogP contribution in [0, 0.1) is 17.6 Å². The van der Waals surface area contributed by atoms with Crippen molar-refractivity contribution in [3.05, 3.63) is 47.5 Å². The summed E-state index contributed by atoms with van der Waals surface area (Å²) in [5, 5.41) is 13.9. The normalized spacial score (nSPS) is 20.3. The molecule has 0 aromatic heterocycles. The number of carbonyl (C=O) groups excluding carboxylic acids is 1. The molecule has 3 N–H and O–H groups in total. The number of carbonyl (C=O) groups is 2. The first kappa shape index (κ1) is 15.0. The number of hydrogen-bond acceptors (Lipinski definition) is 2. The van der Waals surface area contributed by atoms with E-state index in [2.05, 4.69) is 10.6 Å². The van der Waals surface area contributed by atoms with Crippen LogP contribution in [0.1, 0.15) is 12.0 Å². The molecule has 0 saturated carbocycles. The standard InChI is InChI=1S/C14H14F2N2O3/c15-11-4-1-8(5-12(11)16)7-17-14(21)18-10-3-2-9(6-10)13(19)20/h1-5,9-10H,6-7H2,(H,19,20)(H2,17,18,21). The van der Waals surface area contributed by atoms with Gasteiger partial charge in [-0.2, -0.15) is 0 Å². The molecule has 1 aliphatic rings. The molecule has 2 unspecified atom stereocenters. The molecule has 7 heteroatoms. The zero-order chi connectivity index (χ0) is 15.4. The largest absolute Gasteiger partial charge is 0.481 e. The van der Waals surface area contributed by atoms with E-state index in [1.54, 1.807) is 6.08 Å². The molecule has 0 spiro atoms. The van der Waals surface area contributed by atoms with Gasteiger partial charge in [-0.25, -0.2) is 13.6 Å². The Morgan fingerprint density at radius 1 is 1.24 bits per heavy atom. The number of aliphatic carboxylic acids is 1. The minimum absolute atomic E-state index is 0.0435. The summed E-state index contributed by atoms with van der Waals surface area (Å²) in [6.07, 6.45) is 3.45. The van der Waals surface area contributed by atoms with Gasteiger partial charge in [0.1, 0.15) is 0 Å². The van der Waals surface area contributed by atoms with Crippen LogP contribution in [-0.4, -0.2) is 23.1 Å². The summed E-state index contributed by atoms with van der Waals surface area (Å²) in [4.78, 5) is 22.4. The van der Waals surface area contributed by atoms with Crippen LogP contribution < -0.4 is 10.6 Å². The summed E-state index contributed by atoms with van der Waals surface area (Å²) >= 11 is 0. The van der Waals surface area contributed by atoms with Crippen molar-refractivity contribution in [2.24, 2.45) is 5.92 Å². The Morgan fingerprint density at radius 2 is 2.00 bits per heavy atom. The minimum Gasteiger partial charge on any atom is -0.481 e. The number of halogens is 2. The van der Waals surface area contributed by atoms with Gasteiger partial charge in [0.2, 0.25) is 0 Å². The van der Waals surface area contributed by atoms with Gasteiger partial charge in [-0.3, -0.25) is 4.79 Å². The van der Waals surface area contributed by atoms with E-state index in [0.29, 0.717) is 12.0 Å². The number of benzene rings is 1. The lowest BCUT2D eigenvalue weighted by Gasteiger charge is -2.13. The van der Waals surface area contributed by atoms with Crippen molar-refractivity contribution in [3.63, 3.8) is 0 Å². The van der Waals surface area contributed by atoms with Crippen LogP contribution >= 0.6 is 0 Å². The SMILES string of the molecule is O=C(NCc1ccc(F)c(F)c1)NC1C=CC(C(=O)O)C1. The van der Waals surface area contributed by atoms with Crippen molar-refractivity contribution < 1.29 is 23.5 Å². The Hall–Kier alpha value is -2.44. The molecule has 112 valence electrons. The number of nitrogens with one attached hydrogen (secondary N) is 2. The molecule has 2 atom stereocenters. The van der Waals surface area contributed by atoms with Gasteiger partial charge in [-0.05, 0) is 24.1 Å². The van der Waals surface area contributed by atoms with E-state index in [9.17, 15) is 18.4 Å². The van der Waals surface area contributed by atoms with Crippen molar-refractivity contribution in [3.8, 4) is 0 Å². The Labute approximate surface area is 119 Å². The van der Waals surface area contributed by atoms with Gasteiger partial charge >= 0.3 is 12.0 Å². The first-order chi connectivity index (χ1) is 9.95. The van der Waals surface area contributed by atoms with Crippen molar-refractivity contribution >= 4 is 12.0 Å². The third-order valence-electron chi connectivity index (χ3n) is 3.15. The lowest BCUT2D eigenvalue weighted by molar-refractivity contribution is -0.140. The molecule has 1 aromatic carbocycles. The summed E-state index contributed by atoms with van der Waals surface area (Å²) in [6, 6.07) is 2.51. The summed E-state index contributed by atoms with van der Waals surface area (Å²) in [5.41, 5.74) is 0.425. The Balaban J connectivity index is 1.79. The topological polar surface area (TPSA) is 78.4 Å². The Kier molecular flexibility index (Phi) is 4.52. The second-order valence-corrected chi connectivity index (χ2v) is 4.75. The van der Waals surface area contributed by atoms with Crippen molar-refractivity contribution in [1.29, 1.82) is 0 Å². The van der Waals surface area contributed by atoms with Gasteiger partial charge in [0, 0.05) is 6.54 Å². The zero-order valence-corrected chi connectivity index (χ0v) is 11.0. The molecule has 21 heavy (non-hydrogen) atoms. The second kappa shape index (κ2) is 6.34. The quantitative estimate of drug-likeness (QED) is 0.741. The average Bonchev–Trinajstić information content (AvgIpc) is 2.89. The fourth-order valence-electron chi connectivity index (χ4n) is 2.04. The summed E-state index contributed by atoms with van der Waals surface area (Å²) in [5.74, 6) is -3.45. The first-order valence-electron chi connectivity index (χ1n) is 6.35. The fraction of sp³-hybridized carbons (Fsp3) is 0.286. The molecular formula is C14H14F2N2O3. The predicted molar refractivity (Wildman–Crippen MR) is 70.4 cm³/mol. The van der Waals surface area contributed by atoms with Crippen LogP contribution in [0.4, 0.5) is 13.6 Å². The van der Waals surface area contributed by atoms with Gasteiger partial charge < -0.3 is 15.7 Å². The summed E-state index contributed by atoms with van der Waals surface area (Å²) in [7, 11) is 0. The third kappa shape index (κ3) is 4.01. The van der Waals surface area contributed by atoms with Crippen LogP contribution in [-0.2, 0) is 11.3 Å². The molecule has 0 bridgehead atoms. The van der Waals surface area contributed by atoms with Crippen LogP contribution in [0.2, 0.25) is 0 Å². The number of hydrogen-bond donors (Lipinski definition) is 3. The van der Waals surface area contributed by atoms with E-state index in [-0.39, 0.29) is 12.6 Å². The van der Waals surface area contributed by atoms with Gasteiger partial charge in [-0.1, -0.05) is 18.2 Å². The molecule has 5 nitrogen and oxygen atoms in total. The van der Waals surface area contributed by atoms with E-state index in [1.807, 2.05) is 0 Å². The van der Waals surface area contributed by atoms with Crippen molar-refractivity contribution in [1.82, 2.24) is 10.6 Å². The van der Waals surface area contributed by atoms with Crippen LogP contribution in [0.5, 0.6) is 0 Å². The number of carboxylic acid groups (broad SMARTS) is 1. The number of carboxylic acids is 1. The lowest BCUT2D eigenvalue weighted by Crippen LogP contribution is -2.40. The number of urea groups is 1. The highest BCUT2D eigenvalue weighted by molar-refractivity contribution is 5.76. The maximum absolute atomic E-state index is 13.0. The van der Waals surface area contributed by atoms with E-state index >= 15 is 0 Å². The minimum atomic E-state index is -0.974. The van der Waals surface area contributed by atoms with Crippen LogP contribution in [0.25, 0.3) is 0 Å². The average molecular weight is 296 g/mol. The first-order valence-corrected chi connectivity index (χ1v) is 6.35. The van der Waals surface area contributed by atoms with Crippen LogP contribution in [0.15, 0.2) is 30.4 Å². The van der Waals surface area contributed by atoms with E-state index in [4.69, 9.17) is 5.11 Å². The van der Waals surface area contributed by atoms with Gasteiger partial charge in [0.15, 0.2) is 11.6 Å². The van der Waals surface area contributed by atoms with E-state index < -0.39 is 29.6 Å². The molecular weight excluding hydrogens is 282 g/mol. The number of rotatable bonds is 4. The highest BCUT2D eigenvalue weighted by atomic mass is 19.2. The van der Waals surface area contributed by atoms with Crippen molar-refractivity contribution in [2.75, 3.05) is 0 Å². The lowest BCUT2D eigenvalue weighted by atomic mass is 10.1. The summed E-state index contributed by atoms with van der Waals surface area (Å²) in [6.45, 7) is 0.0435. The molecule has 0 saturated heterocycles. The Bertz CT molecular complexity index is 590. The summed E-state index contributed by atoms with van der Waals surface area (Å²) < 4.78 is 25.7. The predicted octanol–water partition coefficient (Wildman–Crippen LogP) is 1.79. The molecule has 1 aromatic rings. The maximum Gasteiger partial charge on any atom is 0.315 e. The molecule has 0 aliphatic heterocycles. The molecule has 0 fully saturated rings. The highest BCUT2D eigenvalue weighted by Gasteiger charge is 2.25. The van der Waals surface area contributed by atoms with E-state index in [1.165, 1.54) is 12.1 Å². The van der Waals surface area contributed by atoms with E-state index in [0.717, 1.165) is 12.1 Å². The monoisotopic (exact) mass is 296 g/mol. The second-order valence-electron chi connectivity index (χ2n) is 4.75. The molecule has 2 amide bonds. The van der Waals surface area contributed by atoms with Gasteiger partial charge in [0.25, 0.3) is 0 Å². The molecule has 2 rings (SSSR count). The molecule has 0 radical (unpaired) electrons. The smallest absolute Gasteiger partial charge is 0.315 e.